The Bertz CT molecular complexity index is 607. The minimum Gasteiger partial charge on any atom is -0.462 e. The van der Waals surface area contributed by atoms with Gasteiger partial charge < -0.3 is 14.6 Å². The summed E-state index contributed by atoms with van der Waals surface area (Å²) in [5.41, 5.74) is -1.23. The van der Waals surface area contributed by atoms with Crippen molar-refractivity contribution in [3.8, 4) is 0 Å². The third kappa shape index (κ3) is 2.37. The molecule has 146 valence electrons. The molecule has 4 rings (SSSR count). The summed E-state index contributed by atoms with van der Waals surface area (Å²) in [5.74, 6) is -0.411. The van der Waals surface area contributed by atoms with Crippen LogP contribution in [0.4, 0.5) is 0 Å². The lowest BCUT2D eigenvalue weighted by Gasteiger charge is -2.72. The van der Waals surface area contributed by atoms with Crippen LogP contribution in [0.25, 0.3) is 0 Å². The molecule has 4 aliphatic rings. The lowest BCUT2D eigenvalue weighted by atomic mass is 9.45. The molecule has 6 nitrogen and oxygen atoms in total. The minimum absolute atomic E-state index is 0.155. The molecule has 2 aliphatic carbocycles. The van der Waals surface area contributed by atoms with Crippen molar-refractivity contribution < 1.29 is 24.2 Å². The molecule has 0 aromatic carbocycles. The van der Waals surface area contributed by atoms with E-state index in [1.165, 1.54) is 13.8 Å². The van der Waals surface area contributed by atoms with Crippen molar-refractivity contribution in [2.24, 2.45) is 17.8 Å². The Morgan fingerprint density at radius 3 is 2.46 bits per heavy atom. The zero-order valence-corrected chi connectivity index (χ0v) is 16.1. The average molecular weight is 365 g/mol. The summed E-state index contributed by atoms with van der Waals surface area (Å²) in [4.78, 5) is 26.0. The van der Waals surface area contributed by atoms with Gasteiger partial charge in [-0.1, -0.05) is 6.92 Å². The van der Waals surface area contributed by atoms with Crippen LogP contribution in [0.5, 0.6) is 0 Å². The molecule has 2 bridgehead atoms. The molecule has 4 fully saturated rings. The van der Waals surface area contributed by atoms with Crippen LogP contribution >= 0.6 is 0 Å². The molecule has 0 radical (unpaired) electrons. The average Bonchev–Trinajstić information content (AvgIpc) is 2.54. The Morgan fingerprint density at radius 2 is 1.77 bits per heavy atom. The SMILES string of the molecule is CC(=O)O[C@H]1[C@H]2C[C@@H](OC(C)=O)[C@H]3CCCN4CCCC2(O)[C@]34C[C@@H]1C. The summed E-state index contributed by atoms with van der Waals surface area (Å²) in [7, 11) is 0. The minimum atomic E-state index is -0.875. The zero-order chi connectivity index (χ0) is 18.7. The van der Waals surface area contributed by atoms with Crippen LogP contribution in [0.2, 0.25) is 0 Å². The van der Waals surface area contributed by atoms with Crippen molar-refractivity contribution in [3.63, 3.8) is 0 Å². The molecule has 26 heavy (non-hydrogen) atoms. The van der Waals surface area contributed by atoms with Crippen molar-refractivity contribution in [1.82, 2.24) is 4.90 Å². The van der Waals surface area contributed by atoms with E-state index in [1.54, 1.807) is 0 Å². The summed E-state index contributed by atoms with van der Waals surface area (Å²) in [6.45, 7) is 7.01. The lowest BCUT2D eigenvalue weighted by molar-refractivity contribution is -0.303. The fraction of sp³-hybridized carbons (Fsp3) is 0.900. The quantitative estimate of drug-likeness (QED) is 0.753. The summed E-state index contributed by atoms with van der Waals surface area (Å²) in [6.07, 6.45) is 4.61. The van der Waals surface area contributed by atoms with Gasteiger partial charge in [-0.15, -0.1) is 0 Å². The standard InChI is InChI=1S/C20H31NO5/c1-12-11-19-15-6-4-8-21(19)9-5-7-20(19,24)16(18(12)26-14(3)23)10-17(15)25-13(2)22/h12,15-18,24H,4-11H2,1-3H3/t12-,15+,16+,17+,18+,19-,20?/m0/s1. The Labute approximate surface area is 155 Å². The monoisotopic (exact) mass is 365 g/mol. The van der Waals surface area contributed by atoms with E-state index >= 15 is 0 Å². The molecule has 2 saturated carbocycles. The summed E-state index contributed by atoms with van der Waals surface area (Å²) >= 11 is 0. The largest absolute Gasteiger partial charge is 0.462 e. The third-order valence-corrected chi connectivity index (χ3v) is 7.61. The number of piperidine rings is 2. The predicted molar refractivity (Wildman–Crippen MR) is 94.2 cm³/mol. The first kappa shape index (κ1) is 18.2. The van der Waals surface area contributed by atoms with E-state index in [0.29, 0.717) is 6.42 Å². The van der Waals surface area contributed by atoms with Gasteiger partial charge in [0, 0.05) is 25.7 Å². The maximum Gasteiger partial charge on any atom is 0.302 e. The van der Waals surface area contributed by atoms with Gasteiger partial charge in [-0.25, -0.2) is 0 Å². The molecule has 0 amide bonds. The van der Waals surface area contributed by atoms with Gasteiger partial charge in [0.15, 0.2) is 0 Å². The lowest BCUT2D eigenvalue weighted by Crippen LogP contribution is -2.82. The number of carbonyl (C=O) groups is 2. The number of hydrogen-bond donors (Lipinski definition) is 1. The second-order valence-electron chi connectivity index (χ2n) is 8.93. The molecule has 6 heteroatoms. The van der Waals surface area contributed by atoms with Crippen molar-refractivity contribution >= 4 is 11.9 Å². The van der Waals surface area contributed by atoms with Crippen LogP contribution in [0.3, 0.4) is 0 Å². The van der Waals surface area contributed by atoms with Crippen LogP contribution in [0.1, 0.15) is 59.3 Å². The summed E-state index contributed by atoms with van der Waals surface area (Å²) in [6, 6.07) is 0. The second kappa shape index (κ2) is 6.20. The van der Waals surface area contributed by atoms with E-state index in [0.717, 1.165) is 45.2 Å². The van der Waals surface area contributed by atoms with Crippen molar-refractivity contribution in [3.05, 3.63) is 0 Å². The molecular formula is C20H31NO5. The van der Waals surface area contributed by atoms with E-state index in [2.05, 4.69) is 11.8 Å². The molecule has 1 unspecified atom stereocenters. The maximum absolute atomic E-state index is 12.0. The molecule has 0 aromatic rings. The summed E-state index contributed by atoms with van der Waals surface area (Å²) in [5, 5.41) is 12.0. The topological polar surface area (TPSA) is 76.1 Å². The van der Waals surface area contributed by atoms with Gasteiger partial charge in [0.05, 0.1) is 11.1 Å². The summed E-state index contributed by atoms with van der Waals surface area (Å²) < 4.78 is 11.5. The van der Waals surface area contributed by atoms with Gasteiger partial charge in [0.1, 0.15) is 12.2 Å². The maximum atomic E-state index is 12.0. The van der Waals surface area contributed by atoms with E-state index in [-0.39, 0.29) is 47.4 Å². The molecule has 1 N–H and O–H groups in total. The number of hydrogen-bond acceptors (Lipinski definition) is 6. The van der Waals surface area contributed by atoms with E-state index < -0.39 is 5.60 Å². The fourth-order valence-electron chi connectivity index (χ4n) is 7.05. The van der Waals surface area contributed by atoms with Gasteiger partial charge in [-0.3, -0.25) is 14.5 Å². The Balaban J connectivity index is 1.81. The van der Waals surface area contributed by atoms with Gasteiger partial charge in [-0.05, 0) is 57.5 Å². The van der Waals surface area contributed by atoms with Crippen molar-refractivity contribution in [2.45, 2.75) is 82.6 Å². The van der Waals surface area contributed by atoms with Crippen LogP contribution in [0, 0.1) is 17.8 Å². The highest BCUT2D eigenvalue weighted by atomic mass is 16.6. The number of aliphatic hydroxyl groups is 1. The van der Waals surface area contributed by atoms with Crippen LogP contribution in [0.15, 0.2) is 0 Å². The Kier molecular flexibility index (Phi) is 4.35. The van der Waals surface area contributed by atoms with E-state index in [1.807, 2.05) is 0 Å². The molecule has 1 spiro atoms. The molecule has 0 aromatic heterocycles. The number of carbonyl (C=O) groups excluding carboxylic acids is 2. The van der Waals surface area contributed by atoms with Gasteiger partial charge in [-0.2, -0.15) is 0 Å². The van der Waals surface area contributed by atoms with Crippen LogP contribution in [-0.4, -0.2) is 58.4 Å². The molecular weight excluding hydrogens is 334 g/mol. The predicted octanol–water partition coefficient (Wildman–Crippen LogP) is 1.89. The van der Waals surface area contributed by atoms with E-state index in [9.17, 15) is 14.7 Å². The van der Waals surface area contributed by atoms with Gasteiger partial charge >= 0.3 is 11.9 Å². The highest BCUT2D eigenvalue weighted by molar-refractivity contribution is 5.67. The van der Waals surface area contributed by atoms with Gasteiger partial charge in [0.2, 0.25) is 0 Å². The third-order valence-electron chi connectivity index (χ3n) is 7.61. The molecule has 2 aliphatic heterocycles. The van der Waals surface area contributed by atoms with Crippen molar-refractivity contribution in [2.75, 3.05) is 13.1 Å². The number of rotatable bonds is 2. The highest BCUT2D eigenvalue weighted by Crippen LogP contribution is 2.63. The first-order chi connectivity index (χ1) is 12.3. The van der Waals surface area contributed by atoms with Crippen LogP contribution < -0.4 is 0 Å². The number of nitrogens with zero attached hydrogens (tertiary/aromatic N) is 1. The molecule has 7 atom stereocenters. The Morgan fingerprint density at radius 1 is 1.08 bits per heavy atom. The number of esters is 2. The second-order valence-corrected chi connectivity index (χ2v) is 8.93. The van der Waals surface area contributed by atoms with Crippen LogP contribution in [-0.2, 0) is 19.1 Å². The Hall–Kier alpha value is -1.14. The zero-order valence-electron chi connectivity index (χ0n) is 16.1. The number of ether oxygens (including phenoxy) is 2. The van der Waals surface area contributed by atoms with Crippen molar-refractivity contribution in [1.29, 1.82) is 0 Å². The highest BCUT2D eigenvalue weighted by Gasteiger charge is 2.73. The first-order valence-electron chi connectivity index (χ1n) is 10.1. The molecule has 2 saturated heterocycles. The fourth-order valence-corrected chi connectivity index (χ4v) is 7.05. The first-order valence-corrected chi connectivity index (χ1v) is 10.1. The normalized spacial score (nSPS) is 47.6. The van der Waals surface area contributed by atoms with E-state index in [4.69, 9.17) is 9.47 Å². The molecule has 2 heterocycles. The van der Waals surface area contributed by atoms with Gasteiger partial charge in [0.25, 0.3) is 0 Å². The smallest absolute Gasteiger partial charge is 0.302 e.